The Bertz CT molecular complexity index is 1240. The van der Waals surface area contributed by atoms with Crippen molar-refractivity contribution in [3.05, 3.63) is 115 Å². The van der Waals surface area contributed by atoms with Gasteiger partial charge >= 0.3 is 5.97 Å². The topological polar surface area (TPSA) is 55.8 Å². The Hall–Kier alpha value is -3.77. The molecular weight excluding hydrogens is 463 g/mol. The number of carbonyl (C=O) groups is 1. The lowest BCUT2D eigenvalue weighted by molar-refractivity contribution is -0.159. The molecule has 0 aliphatic heterocycles. The largest absolute Gasteiger partial charge is 0.508 e. The molecule has 0 aliphatic carbocycles. The van der Waals surface area contributed by atoms with E-state index in [9.17, 15) is 14.3 Å². The summed E-state index contributed by atoms with van der Waals surface area (Å²) in [5, 5.41) is 9.48. The second kappa shape index (κ2) is 10.7. The molecule has 4 rings (SSSR count). The van der Waals surface area contributed by atoms with Crippen LogP contribution in [0.3, 0.4) is 0 Å². The predicted octanol–water partition coefficient (Wildman–Crippen LogP) is 6.48. The molecule has 4 nitrogen and oxygen atoms in total. The van der Waals surface area contributed by atoms with Crippen molar-refractivity contribution >= 4 is 16.9 Å². The van der Waals surface area contributed by atoms with Crippen molar-refractivity contribution < 1.29 is 23.8 Å². The normalized spacial score (nSPS) is 11.3. The monoisotopic (exact) mass is 489 g/mol. The number of ether oxygens (including phenoxy) is 2. The molecule has 0 fully saturated rings. The molecule has 1 N–H and O–H groups in total. The maximum atomic E-state index is 14.6. The molecule has 0 saturated heterocycles. The lowest BCUT2D eigenvalue weighted by atomic mass is 9.98. The molecule has 6 heteroatoms. The second-order valence-corrected chi connectivity index (χ2v) is 10.4. The van der Waals surface area contributed by atoms with E-state index in [0.717, 1.165) is 14.7 Å². The average molecular weight is 490 g/mol. The van der Waals surface area contributed by atoms with Crippen LogP contribution in [0.1, 0.15) is 19.4 Å². The number of halogens is 1. The molecule has 0 unspecified atom stereocenters. The molecule has 4 aromatic carbocycles. The first-order valence-electron chi connectivity index (χ1n) is 11.1. The van der Waals surface area contributed by atoms with Crippen molar-refractivity contribution in [1.29, 1.82) is 0 Å². The molecule has 178 valence electrons. The first-order valence-corrected chi connectivity index (χ1v) is 12.3. The number of benzene rings is 4. The van der Waals surface area contributed by atoms with Crippen molar-refractivity contribution in [1.82, 2.24) is 0 Å². The molecule has 0 aromatic heterocycles. The smallest absolute Gasteiger partial charge is 0.345 e. The number of hydrogen-bond acceptors (Lipinski definition) is 4. The van der Waals surface area contributed by atoms with Gasteiger partial charge in [-0.1, -0.05) is 48.5 Å². The van der Waals surface area contributed by atoms with E-state index in [-0.39, 0.29) is 11.5 Å². The summed E-state index contributed by atoms with van der Waals surface area (Å²) in [5.74, 6) is -1.06. The van der Waals surface area contributed by atoms with Gasteiger partial charge in [-0.2, -0.15) is 0 Å². The molecule has 0 bridgehead atoms. The Kier molecular flexibility index (Phi) is 7.42. The predicted molar refractivity (Wildman–Crippen MR) is 134 cm³/mol. The van der Waals surface area contributed by atoms with E-state index >= 15 is 0 Å². The fourth-order valence-electron chi connectivity index (χ4n) is 3.62. The number of carbonyl (C=O) groups excluding carboxylic acids is 1. The van der Waals surface area contributed by atoms with Gasteiger partial charge in [0, 0.05) is 6.07 Å². The van der Waals surface area contributed by atoms with Crippen LogP contribution in [0.15, 0.2) is 118 Å². The third-order valence-corrected chi connectivity index (χ3v) is 7.59. The summed E-state index contributed by atoms with van der Waals surface area (Å²) in [7, 11) is -0.474. The third kappa shape index (κ3) is 6.03. The van der Waals surface area contributed by atoms with Crippen LogP contribution in [0.5, 0.6) is 11.5 Å². The number of phenolic OH excluding ortho intramolecular Hbond substituents is 1. The van der Waals surface area contributed by atoms with Gasteiger partial charge < -0.3 is 14.6 Å². The van der Waals surface area contributed by atoms with Gasteiger partial charge in [-0.3, -0.25) is 0 Å². The maximum absolute atomic E-state index is 14.6. The summed E-state index contributed by atoms with van der Waals surface area (Å²) < 4.78 is 25.8. The molecule has 4 aromatic rings. The Morgan fingerprint density at radius 1 is 0.829 bits per heavy atom. The third-order valence-electron chi connectivity index (χ3n) is 5.37. The highest BCUT2D eigenvalue weighted by atomic mass is 32.2. The van der Waals surface area contributed by atoms with Crippen LogP contribution in [0.25, 0.3) is 0 Å². The Morgan fingerprint density at radius 3 is 1.97 bits per heavy atom. The van der Waals surface area contributed by atoms with Crippen LogP contribution in [-0.4, -0.2) is 17.7 Å². The van der Waals surface area contributed by atoms with Crippen molar-refractivity contribution in [2.75, 3.05) is 6.61 Å². The van der Waals surface area contributed by atoms with E-state index in [1.165, 1.54) is 18.2 Å². The van der Waals surface area contributed by atoms with Crippen LogP contribution in [0, 0.1) is 5.82 Å². The zero-order valence-corrected chi connectivity index (χ0v) is 20.3. The molecule has 0 atom stereocenters. The van der Waals surface area contributed by atoms with Gasteiger partial charge in [0.1, 0.15) is 11.4 Å². The quantitative estimate of drug-likeness (QED) is 0.227. The zero-order chi connectivity index (χ0) is 24.8. The number of hydrogen-bond donors (Lipinski definition) is 1. The summed E-state index contributed by atoms with van der Waals surface area (Å²) in [6, 6.07) is 31.2. The fourth-order valence-corrected chi connectivity index (χ4v) is 5.72. The Labute approximate surface area is 207 Å². The minimum Gasteiger partial charge on any atom is -0.508 e. The van der Waals surface area contributed by atoms with E-state index in [2.05, 4.69) is 0 Å². The van der Waals surface area contributed by atoms with Gasteiger partial charge in [0.05, 0.1) is 10.9 Å². The van der Waals surface area contributed by atoms with Gasteiger partial charge in [0.25, 0.3) is 0 Å². The summed E-state index contributed by atoms with van der Waals surface area (Å²) >= 11 is 0. The lowest BCUT2D eigenvalue weighted by Crippen LogP contribution is -2.28. The zero-order valence-electron chi connectivity index (χ0n) is 19.5. The lowest BCUT2D eigenvalue weighted by Gasteiger charge is -2.25. The van der Waals surface area contributed by atoms with E-state index in [1.54, 1.807) is 38.1 Å². The highest BCUT2D eigenvalue weighted by Crippen LogP contribution is 2.34. The van der Waals surface area contributed by atoms with Crippen LogP contribution in [0.4, 0.5) is 4.39 Å². The second-order valence-electron chi connectivity index (χ2n) is 8.34. The average Bonchev–Trinajstić information content (AvgIpc) is 2.86. The highest BCUT2D eigenvalue weighted by molar-refractivity contribution is 7.97. The fraction of sp³-hybridized carbons (Fsp3) is 0.138. The maximum Gasteiger partial charge on any atom is 0.345 e. The summed E-state index contributed by atoms with van der Waals surface area (Å²) in [5.41, 5.74) is -0.228. The molecule has 0 aliphatic rings. The Morgan fingerprint density at radius 2 is 1.40 bits per heavy atom. The van der Waals surface area contributed by atoms with Crippen molar-refractivity contribution in [2.24, 2.45) is 0 Å². The molecule has 0 radical (unpaired) electrons. The molecule has 35 heavy (non-hydrogen) atoms. The van der Waals surface area contributed by atoms with Crippen LogP contribution >= 0.6 is 0 Å². The molecular formula is C29H26FO4S+. The van der Waals surface area contributed by atoms with Crippen LogP contribution in [-0.2, 0) is 26.0 Å². The van der Waals surface area contributed by atoms with Gasteiger partial charge in [-0.25, -0.2) is 9.18 Å². The van der Waals surface area contributed by atoms with E-state index in [1.807, 2.05) is 60.7 Å². The van der Waals surface area contributed by atoms with Crippen molar-refractivity contribution in [3.8, 4) is 11.5 Å². The SMILES string of the molecule is CC(C)(OC(=O)COc1cc([S+](c2ccccc2)c2ccccc2)ccc1F)c1ccc(O)cc1. The van der Waals surface area contributed by atoms with E-state index in [4.69, 9.17) is 9.47 Å². The molecule has 0 spiro atoms. The first-order chi connectivity index (χ1) is 16.8. The number of phenols is 1. The summed E-state index contributed by atoms with van der Waals surface area (Å²) in [4.78, 5) is 15.6. The van der Waals surface area contributed by atoms with Gasteiger partial charge in [0.15, 0.2) is 32.9 Å². The minimum atomic E-state index is -0.943. The summed E-state index contributed by atoms with van der Waals surface area (Å²) in [6.45, 7) is 3.04. The number of esters is 1. The van der Waals surface area contributed by atoms with Gasteiger partial charge in [-0.05, 0) is 67.9 Å². The number of aromatic hydroxyl groups is 1. The Balaban J connectivity index is 1.53. The van der Waals surface area contributed by atoms with Gasteiger partial charge in [0.2, 0.25) is 0 Å². The standard InChI is InChI=1S/C29H25FO4S/c1-29(2,21-13-15-22(31)16-14-21)34-28(32)20-33-27-19-25(17-18-26(27)30)35(23-9-5-3-6-10-23)24-11-7-4-8-12-24/h3-19H,20H2,1-2H3/p+1. The molecule has 0 saturated carbocycles. The minimum absolute atomic E-state index is 0.00810. The first kappa shape index (κ1) is 24.4. The number of rotatable bonds is 8. The van der Waals surface area contributed by atoms with Crippen LogP contribution < -0.4 is 4.74 Å². The van der Waals surface area contributed by atoms with Crippen molar-refractivity contribution in [3.63, 3.8) is 0 Å². The molecule has 0 amide bonds. The van der Waals surface area contributed by atoms with Crippen LogP contribution in [0.2, 0.25) is 0 Å². The van der Waals surface area contributed by atoms with Crippen molar-refractivity contribution in [2.45, 2.75) is 34.1 Å². The highest BCUT2D eigenvalue weighted by Gasteiger charge is 2.30. The summed E-state index contributed by atoms with van der Waals surface area (Å²) in [6.07, 6.45) is 0. The van der Waals surface area contributed by atoms with E-state index < -0.39 is 34.9 Å². The van der Waals surface area contributed by atoms with E-state index in [0.29, 0.717) is 5.56 Å². The molecule has 0 heterocycles. The van der Waals surface area contributed by atoms with Gasteiger partial charge in [-0.15, -0.1) is 0 Å².